The second-order valence-corrected chi connectivity index (χ2v) is 3.28. The summed E-state index contributed by atoms with van der Waals surface area (Å²) in [5.74, 6) is -0.530. The molecule has 2 amide bonds. The Bertz CT molecular complexity index is 220. The van der Waals surface area contributed by atoms with E-state index in [4.69, 9.17) is 5.73 Å². The van der Waals surface area contributed by atoms with Gasteiger partial charge in [-0.15, -0.1) is 12.4 Å². The van der Waals surface area contributed by atoms with Crippen LogP contribution in [0.5, 0.6) is 0 Å². The average Bonchev–Trinajstić information content (AvgIpc) is 1.99. The Balaban J connectivity index is 0.00000144. The van der Waals surface area contributed by atoms with Crippen LogP contribution >= 0.6 is 12.4 Å². The lowest BCUT2D eigenvalue weighted by Crippen LogP contribution is -2.59. The summed E-state index contributed by atoms with van der Waals surface area (Å²) >= 11 is 0. The highest BCUT2D eigenvalue weighted by molar-refractivity contribution is 6.02. The number of hydrogen-bond donors (Lipinski definition) is 2. The summed E-state index contributed by atoms with van der Waals surface area (Å²) in [6.45, 7) is 1.97. The SMILES string of the molecule is CCCC1(N)CCC(=O)NC1=O.Cl. The predicted molar refractivity (Wildman–Crippen MR) is 51.5 cm³/mol. The number of rotatable bonds is 2. The summed E-state index contributed by atoms with van der Waals surface area (Å²) in [5.41, 5.74) is 5.01. The minimum Gasteiger partial charge on any atom is -0.317 e. The normalized spacial score (nSPS) is 27.8. The van der Waals surface area contributed by atoms with E-state index >= 15 is 0 Å². The van der Waals surface area contributed by atoms with Crippen LogP contribution < -0.4 is 11.1 Å². The maximum Gasteiger partial charge on any atom is 0.246 e. The predicted octanol–water partition coefficient (Wildman–Crippen LogP) is 0.342. The molecule has 1 rings (SSSR count). The van der Waals surface area contributed by atoms with Gasteiger partial charge in [0, 0.05) is 6.42 Å². The van der Waals surface area contributed by atoms with Gasteiger partial charge in [-0.2, -0.15) is 0 Å². The van der Waals surface area contributed by atoms with Crippen molar-refractivity contribution >= 4 is 24.2 Å². The Morgan fingerprint density at radius 1 is 1.54 bits per heavy atom. The standard InChI is InChI=1S/C8H14N2O2.ClH/c1-2-4-8(9)5-3-6(11)10-7(8)12;/h2-5,9H2,1H3,(H,10,11,12);1H. The second kappa shape index (κ2) is 4.58. The largest absolute Gasteiger partial charge is 0.317 e. The van der Waals surface area contributed by atoms with Crippen molar-refractivity contribution in [2.45, 2.75) is 38.1 Å². The summed E-state index contributed by atoms with van der Waals surface area (Å²) in [7, 11) is 0. The zero-order chi connectivity index (χ0) is 9.19. The van der Waals surface area contributed by atoms with Crippen LogP contribution in [-0.4, -0.2) is 17.4 Å². The molecule has 1 unspecified atom stereocenters. The van der Waals surface area contributed by atoms with Crippen LogP contribution in [0.25, 0.3) is 0 Å². The maximum absolute atomic E-state index is 11.3. The van der Waals surface area contributed by atoms with Gasteiger partial charge in [-0.1, -0.05) is 13.3 Å². The molecule has 1 atom stereocenters. The first-order chi connectivity index (χ1) is 5.58. The second-order valence-electron chi connectivity index (χ2n) is 3.28. The van der Waals surface area contributed by atoms with Crippen molar-refractivity contribution in [2.75, 3.05) is 0 Å². The molecule has 76 valence electrons. The zero-order valence-electron chi connectivity index (χ0n) is 7.63. The van der Waals surface area contributed by atoms with Gasteiger partial charge < -0.3 is 5.73 Å². The van der Waals surface area contributed by atoms with Crippen molar-refractivity contribution in [1.82, 2.24) is 5.32 Å². The summed E-state index contributed by atoms with van der Waals surface area (Å²) in [6.07, 6.45) is 2.35. The van der Waals surface area contributed by atoms with E-state index in [0.717, 1.165) is 6.42 Å². The van der Waals surface area contributed by atoms with E-state index in [1.54, 1.807) is 0 Å². The molecule has 3 N–H and O–H groups in total. The summed E-state index contributed by atoms with van der Waals surface area (Å²) in [4.78, 5) is 22.0. The van der Waals surface area contributed by atoms with Gasteiger partial charge in [0.05, 0.1) is 5.54 Å². The van der Waals surface area contributed by atoms with Gasteiger partial charge in [0.1, 0.15) is 0 Å². The molecule has 1 saturated heterocycles. The molecular weight excluding hydrogens is 192 g/mol. The number of nitrogens with one attached hydrogen (secondary N) is 1. The molecule has 0 aromatic heterocycles. The first-order valence-electron chi connectivity index (χ1n) is 4.21. The number of amides is 2. The summed E-state index contributed by atoms with van der Waals surface area (Å²) in [6, 6.07) is 0. The van der Waals surface area contributed by atoms with E-state index in [1.807, 2.05) is 6.92 Å². The van der Waals surface area contributed by atoms with Gasteiger partial charge in [0.25, 0.3) is 0 Å². The van der Waals surface area contributed by atoms with Crippen molar-refractivity contribution in [2.24, 2.45) is 5.73 Å². The molecule has 0 aromatic rings. The van der Waals surface area contributed by atoms with E-state index in [1.165, 1.54) is 0 Å². The van der Waals surface area contributed by atoms with Crippen LogP contribution in [-0.2, 0) is 9.59 Å². The Hall–Kier alpha value is -0.610. The topological polar surface area (TPSA) is 72.2 Å². The Labute approximate surface area is 83.7 Å². The van der Waals surface area contributed by atoms with Crippen LogP contribution in [0.15, 0.2) is 0 Å². The Morgan fingerprint density at radius 3 is 2.62 bits per heavy atom. The van der Waals surface area contributed by atoms with Crippen molar-refractivity contribution in [1.29, 1.82) is 0 Å². The zero-order valence-corrected chi connectivity index (χ0v) is 8.45. The lowest BCUT2D eigenvalue weighted by molar-refractivity contribution is -0.137. The molecule has 4 nitrogen and oxygen atoms in total. The number of imide groups is 1. The van der Waals surface area contributed by atoms with Gasteiger partial charge in [-0.05, 0) is 12.8 Å². The van der Waals surface area contributed by atoms with Gasteiger partial charge in [-0.3, -0.25) is 14.9 Å². The molecular formula is C8H15ClN2O2. The maximum atomic E-state index is 11.3. The molecule has 0 bridgehead atoms. The lowest BCUT2D eigenvalue weighted by atomic mass is 9.86. The van der Waals surface area contributed by atoms with Crippen LogP contribution in [0.1, 0.15) is 32.6 Å². The highest BCUT2D eigenvalue weighted by atomic mass is 35.5. The number of halogens is 1. The molecule has 1 aliphatic heterocycles. The number of carbonyl (C=O) groups is 2. The van der Waals surface area contributed by atoms with Crippen LogP contribution in [0.2, 0.25) is 0 Å². The van der Waals surface area contributed by atoms with Crippen molar-refractivity contribution in [3.63, 3.8) is 0 Å². The highest BCUT2D eigenvalue weighted by Gasteiger charge is 2.37. The third kappa shape index (κ3) is 2.67. The quantitative estimate of drug-likeness (QED) is 0.641. The third-order valence-corrected chi connectivity index (χ3v) is 2.20. The fraction of sp³-hybridized carbons (Fsp3) is 0.750. The van der Waals surface area contributed by atoms with E-state index < -0.39 is 5.54 Å². The van der Waals surface area contributed by atoms with Crippen LogP contribution in [0.3, 0.4) is 0 Å². The van der Waals surface area contributed by atoms with Crippen molar-refractivity contribution in [3.05, 3.63) is 0 Å². The van der Waals surface area contributed by atoms with E-state index in [0.29, 0.717) is 19.3 Å². The van der Waals surface area contributed by atoms with Gasteiger partial charge in [0.15, 0.2) is 0 Å². The fourth-order valence-corrected chi connectivity index (χ4v) is 1.45. The fourth-order valence-electron chi connectivity index (χ4n) is 1.45. The average molecular weight is 207 g/mol. The molecule has 1 heterocycles. The van der Waals surface area contributed by atoms with Gasteiger partial charge in [0.2, 0.25) is 11.8 Å². The van der Waals surface area contributed by atoms with E-state index in [9.17, 15) is 9.59 Å². The summed E-state index contributed by atoms with van der Waals surface area (Å²) in [5, 5.41) is 2.25. The minimum atomic E-state index is -0.803. The Kier molecular flexibility index (Phi) is 4.36. The number of carbonyl (C=O) groups excluding carboxylic acids is 2. The lowest BCUT2D eigenvalue weighted by Gasteiger charge is -2.30. The first-order valence-corrected chi connectivity index (χ1v) is 4.21. The minimum absolute atomic E-state index is 0. The van der Waals surface area contributed by atoms with Crippen molar-refractivity contribution < 1.29 is 9.59 Å². The molecule has 0 radical (unpaired) electrons. The van der Waals surface area contributed by atoms with Gasteiger partial charge in [-0.25, -0.2) is 0 Å². The highest BCUT2D eigenvalue weighted by Crippen LogP contribution is 2.20. The monoisotopic (exact) mass is 206 g/mol. The molecule has 1 fully saturated rings. The van der Waals surface area contributed by atoms with Crippen LogP contribution in [0.4, 0.5) is 0 Å². The van der Waals surface area contributed by atoms with Crippen molar-refractivity contribution in [3.8, 4) is 0 Å². The Morgan fingerprint density at radius 2 is 2.15 bits per heavy atom. The molecule has 0 spiro atoms. The first kappa shape index (κ1) is 12.4. The van der Waals surface area contributed by atoms with Crippen LogP contribution in [0, 0.1) is 0 Å². The number of piperidine rings is 1. The molecule has 0 saturated carbocycles. The van der Waals surface area contributed by atoms with E-state index in [2.05, 4.69) is 5.32 Å². The molecule has 0 aliphatic carbocycles. The number of nitrogens with two attached hydrogens (primary N) is 1. The van der Waals surface area contributed by atoms with E-state index in [-0.39, 0.29) is 24.2 Å². The molecule has 5 heteroatoms. The molecule has 0 aromatic carbocycles. The smallest absolute Gasteiger partial charge is 0.246 e. The molecule has 13 heavy (non-hydrogen) atoms. The number of hydrogen-bond acceptors (Lipinski definition) is 3. The van der Waals surface area contributed by atoms with Gasteiger partial charge >= 0.3 is 0 Å². The summed E-state index contributed by atoms with van der Waals surface area (Å²) < 4.78 is 0. The third-order valence-electron chi connectivity index (χ3n) is 2.20. The molecule has 1 aliphatic rings.